The Morgan fingerprint density at radius 2 is 1.84 bits per heavy atom. The van der Waals surface area contributed by atoms with Gasteiger partial charge in [-0.1, -0.05) is 30.3 Å². The van der Waals surface area contributed by atoms with Gasteiger partial charge in [-0.3, -0.25) is 9.78 Å². The number of fused-ring (bicyclic) bond motifs is 1. The summed E-state index contributed by atoms with van der Waals surface area (Å²) in [6.07, 6.45) is 6.37. The molecule has 5 aromatic rings. The van der Waals surface area contributed by atoms with Crippen LogP contribution in [0, 0.1) is 0 Å². The summed E-state index contributed by atoms with van der Waals surface area (Å²) in [7, 11) is 0. The summed E-state index contributed by atoms with van der Waals surface area (Å²) in [5.41, 5.74) is 3.78. The summed E-state index contributed by atoms with van der Waals surface area (Å²) < 4.78 is 5.95. The highest BCUT2D eigenvalue weighted by Gasteiger charge is 2.22. The van der Waals surface area contributed by atoms with Gasteiger partial charge in [0.1, 0.15) is 5.82 Å². The number of aliphatic hydroxyl groups excluding tert-OH is 1. The maximum atomic E-state index is 11.8. The van der Waals surface area contributed by atoms with Gasteiger partial charge in [-0.25, -0.2) is 15.0 Å². The van der Waals surface area contributed by atoms with Gasteiger partial charge in [0, 0.05) is 30.9 Å². The van der Waals surface area contributed by atoms with Gasteiger partial charge in [0.2, 0.25) is 11.8 Å². The molecular weight excluding hydrogens is 486 g/mol. The Morgan fingerprint density at radius 3 is 2.66 bits per heavy atom. The first kappa shape index (κ1) is 23.2. The molecule has 0 unspecified atom stereocenters. The van der Waals surface area contributed by atoms with Crippen molar-refractivity contribution in [3.8, 4) is 22.9 Å². The van der Waals surface area contributed by atoms with Crippen LogP contribution in [0.25, 0.3) is 22.9 Å². The second-order valence-corrected chi connectivity index (χ2v) is 8.42. The number of nitrogens with zero attached hydrogens (tertiary/aromatic N) is 6. The fourth-order valence-electron chi connectivity index (χ4n) is 4.03. The molecule has 6 rings (SSSR count). The zero-order chi connectivity index (χ0) is 25.9. The van der Waals surface area contributed by atoms with Gasteiger partial charge in [0.15, 0.2) is 0 Å². The number of anilines is 3. The van der Waals surface area contributed by atoms with Gasteiger partial charge < -0.3 is 25.5 Å². The molecule has 1 aliphatic rings. The molecule has 188 valence electrons. The van der Waals surface area contributed by atoms with Crippen molar-refractivity contribution >= 4 is 23.4 Å². The summed E-state index contributed by atoms with van der Waals surface area (Å²) >= 11 is 0. The summed E-state index contributed by atoms with van der Waals surface area (Å²) in [5.74, 6) is 1.10. The molecule has 12 nitrogen and oxygen atoms in total. The van der Waals surface area contributed by atoms with Gasteiger partial charge in [-0.15, -0.1) is 10.2 Å². The molecular formula is C26H21N9O3. The average molecular weight is 508 g/mol. The monoisotopic (exact) mass is 507 g/mol. The smallest absolute Gasteiger partial charge is 0.255 e. The van der Waals surface area contributed by atoms with E-state index >= 15 is 0 Å². The minimum absolute atomic E-state index is 0.158. The second-order valence-electron chi connectivity index (χ2n) is 8.42. The van der Waals surface area contributed by atoms with E-state index in [4.69, 9.17) is 4.42 Å². The van der Waals surface area contributed by atoms with Crippen molar-refractivity contribution in [3.05, 3.63) is 90.1 Å². The molecule has 5 heterocycles. The summed E-state index contributed by atoms with van der Waals surface area (Å²) in [5, 5.41) is 27.7. The van der Waals surface area contributed by atoms with Crippen molar-refractivity contribution in [2.24, 2.45) is 0 Å². The van der Waals surface area contributed by atoms with Crippen LogP contribution < -0.4 is 16.0 Å². The van der Waals surface area contributed by atoms with Crippen molar-refractivity contribution in [1.82, 2.24) is 35.5 Å². The lowest BCUT2D eigenvalue weighted by Crippen LogP contribution is -2.15. The molecule has 4 aromatic heterocycles. The van der Waals surface area contributed by atoms with Crippen LogP contribution in [-0.2, 0) is 6.54 Å². The summed E-state index contributed by atoms with van der Waals surface area (Å²) in [6.45, 7) is 0.185. The van der Waals surface area contributed by atoms with E-state index in [0.717, 1.165) is 5.56 Å². The van der Waals surface area contributed by atoms with Crippen LogP contribution in [0.3, 0.4) is 0 Å². The predicted octanol–water partition coefficient (Wildman–Crippen LogP) is 3.12. The molecule has 38 heavy (non-hydrogen) atoms. The van der Waals surface area contributed by atoms with Gasteiger partial charge in [-0.2, -0.15) is 0 Å². The maximum absolute atomic E-state index is 11.8. The van der Waals surface area contributed by atoms with Crippen molar-refractivity contribution < 1.29 is 14.3 Å². The van der Waals surface area contributed by atoms with E-state index in [2.05, 4.69) is 46.1 Å². The number of hydrogen-bond donors (Lipinski definition) is 4. The van der Waals surface area contributed by atoms with Crippen molar-refractivity contribution in [1.29, 1.82) is 0 Å². The Kier molecular flexibility index (Phi) is 6.12. The molecule has 12 heteroatoms. The Bertz CT molecular complexity index is 1590. The molecule has 0 fully saturated rings. The molecule has 0 bridgehead atoms. The number of rotatable bonds is 8. The lowest BCUT2D eigenvalue weighted by molar-refractivity contribution is 0.0965. The van der Waals surface area contributed by atoms with Gasteiger partial charge in [0.05, 0.1) is 47.3 Å². The lowest BCUT2D eigenvalue weighted by atomic mass is 10.1. The highest BCUT2D eigenvalue weighted by Crippen LogP contribution is 2.33. The number of amides is 1. The van der Waals surface area contributed by atoms with Crippen LogP contribution in [0.2, 0.25) is 0 Å². The number of hydrogen-bond acceptors (Lipinski definition) is 11. The highest BCUT2D eigenvalue weighted by molar-refractivity contribution is 5.97. The number of benzene rings is 1. The minimum atomic E-state index is -0.417. The molecule has 1 aliphatic heterocycles. The van der Waals surface area contributed by atoms with Crippen LogP contribution in [0.5, 0.6) is 0 Å². The minimum Gasteiger partial charge on any atom is -0.416 e. The van der Waals surface area contributed by atoms with E-state index in [-0.39, 0.29) is 18.4 Å². The molecule has 1 amide bonds. The third-order valence-electron chi connectivity index (χ3n) is 5.95. The topological polar surface area (TPSA) is 164 Å². The lowest BCUT2D eigenvalue weighted by Gasteiger charge is -2.20. The van der Waals surface area contributed by atoms with Crippen molar-refractivity contribution in [2.75, 3.05) is 17.2 Å². The van der Waals surface area contributed by atoms with Crippen LogP contribution in [-0.4, -0.2) is 47.8 Å². The Hall–Kier alpha value is -5.23. The Balaban J connectivity index is 1.35. The van der Waals surface area contributed by atoms with E-state index in [9.17, 15) is 9.90 Å². The third-order valence-corrected chi connectivity index (χ3v) is 5.95. The summed E-state index contributed by atoms with van der Waals surface area (Å²) in [4.78, 5) is 29.1. The standard InChI is InChI=1S/C26H21N9O3/c36-14-21(15-5-2-1-3-6-15)31-19-9-22(33-26-30-11-17-20(32-26)13-29-23(17)37)28-12-18(19)25-35-34-24(38-25)16-7-4-8-27-10-16/h1-12,21,36H,13-14H2,(H,29,37)(H2,28,30,31,32,33)/t21-/m1/s1. The molecule has 1 atom stereocenters. The zero-order valence-electron chi connectivity index (χ0n) is 19.9. The first-order valence-corrected chi connectivity index (χ1v) is 11.8. The summed E-state index contributed by atoms with van der Waals surface area (Å²) in [6, 6.07) is 14.5. The van der Waals surface area contributed by atoms with E-state index in [1.54, 1.807) is 30.7 Å². The van der Waals surface area contributed by atoms with Crippen LogP contribution >= 0.6 is 0 Å². The fraction of sp³-hybridized carbons (Fsp3) is 0.115. The largest absolute Gasteiger partial charge is 0.416 e. The normalized spacial score (nSPS) is 13.0. The van der Waals surface area contributed by atoms with Gasteiger partial charge in [-0.05, 0) is 17.7 Å². The van der Waals surface area contributed by atoms with Crippen LogP contribution in [0.15, 0.2) is 77.7 Å². The van der Waals surface area contributed by atoms with E-state index in [0.29, 0.717) is 52.3 Å². The quantitative estimate of drug-likeness (QED) is 0.244. The van der Waals surface area contributed by atoms with Gasteiger partial charge >= 0.3 is 0 Å². The first-order chi connectivity index (χ1) is 18.7. The zero-order valence-corrected chi connectivity index (χ0v) is 19.9. The van der Waals surface area contributed by atoms with Gasteiger partial charge in [0.25, 0.3) is 11.8 Å². The molecule has 0 aliphatic carbocycles. The number of nitrogens with one attached hydrogen (secondary N) is 3. The number of aromatic nitrogens is 6. The van der Waals surface area contributed by atoms with Crippen LogP contribution in [0.1, 0.15) is 27.7 Å². The molecule has 0 saturated heterocycles. The predicted molar refractivity (Wildman–Crippen MR) is 137 cm³/mol. The van der Waals surface area contributed by atoms with Crippen molar-refractivity contribution in [3.63, 3.8) is 0 Å². The number of pyridine rings is 2. The maximum Gasteiger partial charge on any atom is 0.255 e. The molecule has 1 aromatic carbocycles. The second kappa shape index (κ2) is 10.0. The number of aliphatic hydroxyl groups is 1. The number of carbonyl (C=O) groups is 1. The van der Waals surface area contributed by atoms with E-state index in [1.807, 2.05) is 36.4 Å². The third kappa shape index (κ3) is 4.63. The molecule has 0 radical (unpaired) electrons. The Morgan fingerprint density at radius 1 is 1.00 bits per heavy atom. The highest BCUT2D eigenvalue weighted by atomic mass is 16.4. The number of carbonyl (C=O) groups excluding carboxylic acids is 1. The molecule has 0 spiro atoms. The van der Waals surface area contributed by atoms with Crippen LogP contribution in [0.4, 0.5) is 17.5 Å². The Labute approximate surface area is 216 Å². The fourth-order valence-corrected chi connectivity index (χ4v) is 4.03. The molecule has 0 saturated carbocycles. The van der Waals surface area contributed by atoms with E-state index < -0.39 is 6.04 Å². The molecule has 4 N–H and O–H groups in total. The average Bonchev–Trinajstić information content (AvgIpc) is 3.60. The van der Waals surface area contributed by atoms with E-state index in [1.165, 1.54) is 6.20 Å². The first-order valence-electron chi connectivity index (χ1n) is 11.8. The van der Waals surface area contributed by atoms with Crippen molar-refractivity contribution in [2.45, 2.75) is 12.6 Å². The SMILES string of the molecule is O=C1NCc2nc(Nc3cc(N[C@H](CO)c4ccccc4)c(-c4nnc(-c5cccnc5)o4)cn3)ncc21.